The Labute approximate surface area is 110 Å². The van der Waals surface area contributed by atoms with Crippen molar-refractivity contribution in [1.82, 2.24) is 5.32 Å². The van der Waals surface area contributed by atoms with Gasteiger partial charge >= 0.3 is 0 Å². The molecule has 0 aliphatic rings. The van der Waals surface area contributed by atoms with Crippen LogP contribution >= 0.6 is 0 Å². The van der Waals surface area contributed by atoms with Crippen LogP contribution in [-0.2, 0) is 4.79 Å². The van der Waals surface area contributed by atoms with Gasteiger partial charge in [-0.05, 0) is 20.3 Å². The summed E-state index contributed by atoms with van der Waals surface area (Å²) in [5, 5.41) is 5.30. The van der Waals surface area contributed by atoms with Crippen molar-refractivity contribution in [2.24, 2.45) is 0 Å². The Hall–Kier alpha value is -1.72. The van der Waals surface area contributed by atoms with Crippen molar-refractivity contribution < 1.29 is 18.0 Å². The number of amides is 1. The molecule has 1 aromatic carbocycles. The Morgan fingerprint density at radius 3 is 2.21 bits per heavy atom. The van der Waals surface area contributed by atoms with E-state index in [4.69, 9.17) is 0 Å². The summed E-state index contributed by atoms with van der Waals surface area (Å²) in [6.45, 7) is 5.51. The fourth-order valence-electron chi connectivity index (χ4n) is 1.35. The molecule has 0 unspecified atom stereocenters. The Bertz CT molecular complexity index is 452. The maximum atomic E-state index is 12.9. The van der Waals surface area contributed by atoms with Crippen LogP contribution in [0.4, 0.5) is 18.9 Å². The number of carbonyl (C=O) groups excluding carboxylic acids is 1. The molecule has 0 heterocycles. The topological polar surface area (TPSA) is 41.1 Å². The molecule has 0 atom stereocenters. The highest BCUT2D eigenvalue weighted by Gasteiger charge is 2.17. The summed E-state index contributed by atoms with van der Waals surface area (Å²) < 4.78 is 38.6. The fraction of sp³-hybridized carbons (Fsp3) is 0.462. The van der Waals surface area contributed by atoms with E-state index in [2.05, 4.69) is 10.6 Å². The molecule has 106 valence electrons. The largest absolute Gasteiger partial charge is 0.376 e. The van der Waals surface area contributed by atoms with Gasteiger partial charge in [0.15, 0.2) is 17.5 Å². The zero-order valence-electron chi connectivity index (χ0n) is 11.1. The first-order chi connectivity index (χ1) is 8.75. The van der Waals surface area contributed by atoms with Gasteiger partial charge in [-0.25, -0.2) is 13.2 Å². The van der Waals surface area contributed by atoms with Gasteiger partial charge in [0, 0.05) is 23.4 Å². The molecule has 3 nitrogen and oxygen atoms in total. The third-order valence-electron chi connectivity index (χ3n) is 2.80. The second-order valence-corrected chi connectivity index (χ2v) is 4.89. The molecule has 0 aliphatic carbocycles. The first-order valence-corrected chi connectivity index (χ1v) is 5.94. The zero-order chi connectivity index (χ0) is 14.6. The molecule has 0 saturated carbocycles. The van der Waals surface area contributed by atoms with Gasteiger partial charge in [-0.3, -0.25) is 4.79 Å². The molecule has 0 aliphatic heterocycles. The lowest BCUT2D eigenvalue weighted by Crippen LogP contribution is -2.45. The van der Waals surface area contributed by atoms with Gasteiger partial charge in [-0.15, -0.1) is 0 Å². The van der Waals surface area contributed by atoms with Gasteiger partial charge in [0.05, 0.1) is 6.54 Å². The number of carbonyl (C=O) groups is 1. The smallest absolute Gasteiger partial charge is 0.239 e. The minimum absolute atomic E-state index is 0.0147. The highest BCUT2D eigenvalue weighted by molar-refractivity contribution is 5.81. The maximum Gasteiger partial charge on any atom is 0.239 e. The van der Waals surface area contributed by atoms with Crippen LogP contribution in [0.5, 0.6) is 0 Å². The quantitative estimate of drug-likeness (QED) is 0.811. The lowest BCUT2D eigenvalue weighted by molar-refractivity contribution is -0.121. The lowest BCUT2D eigenvalue weighted by Gasteiger charge is -2.24. The second kappa shape index (κ2) is 5.95. The number of nitrogens with one attached hydrogen (secondary N) is 2. The fourth-order valence-corrected chi connectivity index (χ4v) is 1.35. The Kier molecular flexibility index (Phi) is 4.80. The Morgan fingerprint density at radius 1 is 1.21 bits per heavy atom. The van der Waals surface area contributed by atoms with Crippen molar-refractivity contribution in [3.8, 4) is 0 Å². The minimum Gasteiger partial charge on any atom is -0.376 e. The van der Waals surface area contributed by atoms with Crippen LogP contribution in [0, 0.1) is 17.5 Å². The van der Waals surface area contributed by atoms with Gasteiger partial charge in [-0.2, -0.15) is 0 Å². The molecule has 19 heavy (non-hydrogen) atoms. The van der Waals surface area contributed by atoms with Crippen molar-refractivity contribution in [2.45, 2.75) is 32.7 Å². The molecule has 1 aromatic rings. The van der Waals surface area contributed by atoms with E-state index in [9.17, 15) is 18.0 Å². The molecule has 0 saturated heterocycles. The molecule has 6 heteroatoms. The van der Waals surface area contributed by atoms with Gasteiger partial charge < -0.3 is 10.6 Å². The number of halogens is 3. The molecular formula is C13H17F3N2O. The molecule has 0 aromatic heterocycles. The average molecular weight is 274 g/mol. The van der Waals surface area contributed by atoms with E-state index in [1.807, 2.05) is 20.8 Å². The predicted octanol–water partition coefficient (Wildman–Crippen LogP) is 2.82. The Balaban J connectivity index is 2.60. The van der Waals surface area contributed by atoms with Crippen LogP contribution in [-0.4, -0.2) is 18.0 Å². The maximum absolute atomic E-state index is 12.9. The van der Waals surface area contributed by atoms with E-state index in [1.165, 1.54) is 0 Å². The molecule has 0 bridgehead atoms. The Morgan fingerprint density at radius 2 is 1.74 bits per heavy atom. The van der Waals surface area contributed by atoms with Crippen LogP contribution in [0.2, 0.25) is 0 Å². The number of rotatable bonds is 5. The molecule has 0 spiro atoms. The second-order valence-electron chi connectivity index (χ2n) is 4.89. The van der Waals surface area contributed by atoms with Gasteiger partial charge in [-0.1, -0.05) is 6.92 Å². The summed E-state index contributed by atoms with van der Waals surface area (Å²) in [6, 6.07) is 1.60. The standard InChI is InChI=1S/C13H17F3N2O/c1-4-13(2,3)18-11(19)7-17-8-5-9(14)12(16)10(15)6-8/h5-6,17H,4,7H2,1-3H3,(H,18,19). The van der Waals surface area contributed by atoms with Crippen molar-refractivity contribution in [3.05, 3.63) is 29.6 Å². The van der Waals surface area contributed by atoms with Crippen LogP contribution in [0.25, 0.3) is 0 Å². The monoisotopic (exact) mass is 274 g/mol. The zero-order valence-corrected chi connectivity index (χ0v) is 11.1. The summed E-state index contributed by atoms with van der Waals surface area (Å²) in [5.41, 5.74) is -0.334. The number of hydrogen-bond acceptors (Lipinski definition) is 2. The number of benzene rings is 1. The summed E-state index contributed by atoms with van der Waals surface area (Å²) in [4.78, 5) is 11.6. The minimum atomic E-state index is -1.53. The van der Waals surface area contributed by atoms with Gasteiger partial charge in [0.25, 0.3) is 0 Å². The highest BCUT2D eigenvalue weighted by atomic mass is 19.2. The van der Waals surface area contributed by atoms with Crippen LogP contribution in [0.15, 0.2) is 12.1 Å². The van der Waals surface area contributed by atoms with E-state index in [1.54, 1.807) is 0 Å². The normalized spacial score (nSPS) is 11.3. The summed E-state index contributed by atoms with van der Waals surface area (Å²) in [5.74, 6) is -4.42. The summed E-state index contributed by atoms with van der Waals surface area (Å²) in [7, 11) is 0. The third-order valence-corrected chi connectivity index (χ3v) is 2.80. The lowest BCUT2D eigenvalue weighted by atomic mass is 10.0. The van der Waals surface area contributed by atoms with Crippen molar-refractivity contribution in [2.75, 3.05) is 11.9 Å². The molecule has 0 fully saturated rings. The predicted molar refractivity (Wildman–Crippen MR) is 67.3 cm³/mol. The molecule has 0 radical (unpaired) electrons. The number of anilines is 1. The SMILES string of the molecule is CCC(C)(C)NC(=O)CNc1cc(F)c(F)c(F)c1. The van der Waals surface area contributed by atoms with Crippen LogP contribution < -0.4 is 10.6 Å². The molecule has 2 N–H and O–H groups in total. The summed E-state index contributed by atoms with van der Waals surface area (Å²) >= 11 is 0. The van der Waals surface area contributed by atoms with E-state index >= 15 is 0 Å². The van der Waals surface area contributed by atoms with Crippen molar-refractivity contribution in [1.29, 1.82) is 0 Å². The van der Waals surface area contributed by atoms with Crippen molar-refractivity contribution in [3.63, 3.8) is 0 Å². The average Bonchev–Trinajstić information content (AvgIpc) is 2.32. The van der Waals surface area contributed by atoms with Gasteiger partial charge in [0.1, 0.15) is 0 Å². The molecular weight excluding hydrogens is 257 g/mol. The molecule has 1 rings (SSSR count). The van der Waals surface area contributed by atoms with E-state index < -0.39 is 17.5 Å². The first kappa shape index (κ1) is 15.3. The third kappa shape index (κ3) is 4.46. The van der Waals surface area contributed by atoms with Gasteiger partial charge in [0.2, 0.25) is 5.91 Å². The number of hydrogen-bond donors (Lipinski definition) is 2. The summed E-state index contributed by atoms with van der Waals surface area (Å²) in [6.07, 6.45) is 0.749. The molecule has 1 amide bonds. The van der Waals surface area contributed by atoms with Crippen molar-refractivity contribution >= 4 is 11.6 Å². The van der Waals surface area contributed by atoms with E-state index in [0.29, 0.717) is 0 Å². The van der Waals surface area contributed by atoms with E-state index in [-0.39, 0.29) is 23.7 Å². The van der Waals surface area contributed by atoms with E-state index in [0.717, 1.165) is 18.6 Å². The first-order valence-electron chi connectivity index (χ1n) is 5.94. The van der Waals surface area contributed by atoms with Crippen LogP contribution in [0.3, 0.4) is 0 Å². The van der Waals surface area contributed by atoms with Crippen LogP contribution in [0.1, 0.15) is 27.2 Å². The highest BCUT2D eigenvalue weighted by Crippen LogP contribution is 2.17.